The highest BCUT2D eigenvalue weighted by Crippen LogP contribution is 2.33. The summed E-state index contributed by atoms with van der Waals surface area (Å²) in [6.45, 7) is 0. The summed E-state index contributed by atoms with van der Waals surface area (Å²) in [6, 6.07) is 12.5. The molecule has 0 aliphatic heterocycles. The van der Waals surface area contributed by atoms with E-state index in [2.05, 4.69) is 26.3 Å². The third-order valence-corrected chi connectivity index (χ3v) is 4.15. The SMILES string of the molecule is Cn1ncc(Br)c1Nc1ccc(-c2cccc(C(F)(F)F)c2)cc1. The number of benzene rings is 2. The van der Waals surface area contributed by atoms with Gasteiger partial charge in [-0.2, -0.15) is 18.3 Å². The van der Waals surface area contributed by atoms with Gasteiger partial charge >= 0.3 is 6.18 Å². The molecule has 3 nitrogen and oxygen atoms in total. The number of aromatic nitrogens is 2. The van der Waals surface area contributed by atoms with Crippen molar-refractivity contribution in [3.8, 4) is 11.1 Å². The first-order valence-electron chi connectivity index (χ1n) is 7.07. The highest BCUT2D eigenvalue weighted by atomic mass is 79.9. The van der Waals surface area contributed by atoms with Gasteiger partial charge in [0.2, 0.25) is 0 Å². The van der Waals surface area contributed by atoms with Crippen LogP contribution in [0.1, 0.15) is 5.56 Å². The Labute approximate surface area is 145 Å². The van der Waals surface area contributed by atoms with Crippen LogP contribution in [0.5, 0.6) is 0 Å². The molecule has 0 unspecified atom stereocenters. The van der Waals surface area contributed by atoms with Crippen molar-refractivity contribution in [2.75, 3.05) is 5.32 Å². The Bertz CT molecular complexity index is 835. The van der Waals surface area contributed by atoms with Gasteiger partial charge < -0.3 is 5.32 Å². The lowest BCUT2D eigenvalue weighted by Gasteiger charge is -2.10. The van der Waals surface area contributed by atoms with Gasteiger partial charge in [0.25, 0.3) is 0 Å². The summed E-state index contributed by atoms with van der Waals surface area (Å²) in [7, 11) is 1.81. The normalized spacial score (nSPS) is 11.5. The summed E-state index contributed by atoms with van der Waals surface area (Å²) in [5.41, 5.74) is 1.41. The molecule has 1 aromatic heterocycles. The maximum absolute atomic E-state index is 12.8. The lowest BCUT2D eigenvalue weighted by Crippen LogP contribution is -2.04. The van der Waals surface area contributed by atoms with E-state index in [9.17, 15) is 13.2 Å². The Morgan fingerprint density at radius 3 is 2.33 bits per heavy atom. The van der Waals surface area contributed by atoms with Crippen molar-refractivity contribution in [2.45, 2.75) is 6.18 Å². The molecular formula is C17H13BrF3N3. The number of hydrogen-bond donors (Lipinski definition) is 1. The average molecular weight is 396 g/mol. The van der Waals surface area contributed by atoms with E-state index in [0.29, 0.717) is 5.56 Å². The van der Waals surface area contributed by atoms with Crippen molar-refractivity contribution in [3.05, 3.63) is 64.8 Å². The van der Waals surface area contributed by atoms with Gasteiger partial charge in [0.1, 0.15) is 5.82 Å². The fraction of sp³-hybridized carbons (Fsp3) is 0.118. The maximum atomic E-state index is 12.8. The van der Waals surface area contributed by atoms with E-state index in [0.717, 1.165) is 33.7 Å². The molecule has 0 atom stereocenters. The van der Waals surface area contributed by atoms with E-state index in [1.807, 2.05) is 19.2 Å². The second-order valence-corrected chi connectivity index (χ2v) is 6.10. The zero-order chi connectivity index (χ0) is 17.3. The first-order valence-corrected chi connectivity index (χ1v) is 7.86. The summed E-state index contributed by atoms with van der Waals surface area (Å²) in [5, 5.41) is 7.32. The number of anilines is 2. The predicted molar refractivity (Wildman–Crippen MR) is 91.1 cm³/mol. The molecule has 0 aliphatic rings. The second kappa shape index (κ2) is 6.32. The highest BCUT2D eigenvalue weighted by Gasteiger charge is 2.30. The molecule has 0 fully saturated rings. The predicted octanol–water partition coefficient (Wildman–Crippen LogP) is 5.61. The number of nitrogens with one attached hydrogen (secondary N) is 1. The van der Waals surface area contributed by atoms with Gasteiger partial charge in [-0.25, -0.2) is 0 Å². The van der Waals surface area contributed by atoms with Crippen LogP contribution in [0, 0.1) is 0 Å². The van der Waals surface area contributed by atoms with Crippen LogP contribution < -0.4 is 5.32 Å². The van der Waals surface area contributed by atoms with Crippen LogP contribution in [0.4, 0.5) is 24.7 Å². The van der Waals surface area contributed by atoms with E-state index < -0.39 is 11.7 Å². The summed E-state index contributed by atoms with van der Waals surface area (Å²) < 4.78 is 40.9. The minimum absolute atomic E-state index is 0.526. The smallest absolute Gasteiger partial charge is 0.340 e. The Morgan fingerprint density at radius 2 is 1.75 bits per heavy atom. The summed E-state index contributed by atoms with van der Waals surface area (Å²) in [6.07, 6.45) is -2.66. The summed E-state index contributed by atoms with van der Waals surface area (Å²) >= 11 is 3.40. The topological polar surface area (TPSA) is 29.9 Å². The quantitative estimate of drug-likeness (QED) is 0.624. The van der Waals surface area contributed by atoms with Gasteiger partial charge in [-0.3, -0.25) is 4.68 Å². The molecule has 3 aromatic rings. The molecule has 0 saturated heterocycles. The van der Waals surface area contributed by atoms with Gasteiger partial charge in [-0.1, -0.05) is 24.3 Å². The molecule has 0 aliphatic carbocycles. The van der Waals surface area contributed by atoms with Crippen LogP contribution in [0.15, 0.2) is 59.2 Å². The van der Waals surface area contributed by atoms with Crippen molar-refractivity contribution in [3.63, 3.8) is 0 Å². The fourth-order valence-corrected chi connectivity index (χ4v) is 2.76. The monoisotopic (exact) mass is 395 g/mol. The van der Waals surface area contributed by atoms with Crippen LogP contribution in [-0.2, 0) is 13.2 Å². The number of hydrogen-bond acceptors (Lipinski definition) is 2. The zero-order valence-electron chi connectivity index (χ0n) is 12.6. The Balaban J connectivity index is 1.85. The molecule has 7 heteroatoms. The number of rotatable bonds is 3. The molecule has 0 radical (unpaired) electrons. The number of alkyl halides is 3. The molecule has 3 rings (SSSR count). The zero-order valence-corrected chi connectivity index (χ0v) is 14.2. The van der Waals surface area contributed by atoms with Gasteiger partial charge in [0.05, 0.1) is 16.2 Å². The number of halogens is 4. The average Bonchev–Trinajstić information content (AvgIpc) is 2.87. The second-order valence-electron chi connectivity index (χ2n) is 5.25. The van der Waals surface area contributed by atoms with E-state index in [-0.39, 0.29) is 0 Å². The van der Waals surface area contributed by atoms with Crippen LogP contribution in [0.2, 0.25) is 0 Å². The Kier molecular flexibility index (Phi) is 4.36. The van der Waals surface area contributed by atoms with Crippen LogP contribution in [0.25, 0.3) is 11.1 Å². The van der Waals surface area contributed by atoms with Gasteiger partial charge in [0.15, 0.2) is 0 Å². The minimum atomic E-state index is -4.34. The van der Waals surface area contributed by atoms with Crippen LogP contribution >= 0.6 is 15.9 Å². The first-order chi connectivity index (χ1) is 11.3. The van der Waals surface area contributed by atoms with E-state index in [1.165, 1.54) is 6.07 Å². The molecule has 1 heterocycles. The van der Waals surface area contributed by atoms with Gasteiger partial charge in [-0.15, -0.1) is 0 Å². The first kappa shape index (κ1) is 16.6. The van der Waals surface area contributed by atoms with Crippen LogP contribution in [-0.4, -0.2) is 9.78 Å². The number of aryl methyl sites for hydroxylation is 1. The standard InChI is InChI=1S/C17H13BrF3N3/c1-24-16(15(18)10-22-24)23-14-7-5-11(6-8-14)12-3-2-4-13(9-12)17(19,20)21/h2-10,23H,1H3. The molecule has 2 aromatic carbocycles. The van der Waals surface area contributed by atoms with E-state index in [4.69, 9.17) is 0 Å². The van der Waals surface area contributed by atoms with Crippen molar-refractivity contribution < 1.29 is 13.2 Å². The summed E-state index contributed by atoms with van der Waals surface area (Å²) in [4.78, 5) is 0. The lowest BCUT2D eigenvalue weighted by molar-refractivity contribution is -0.137. The van der Waals surface area contributed by atoms with E-state index in [1.54, 1.807) is 29.1 Å². The Morgan fingerprint density at radius 1 is 1.04 bits per heavy atom. The molecule has 24 heavy (non-hydrogen) atoms. The van der Waals surface area contributed by atoms with Crippen molar-refractivity contribution in [1.29, 1.82) is 0 Å². The molecule has 0 spiro atoms. The molecule has 0 bridgehead atoms. The lowest BCUT2D eigenvalue weighted by atomic mass is 10.0. The highest BCUT2D eigenvalue weighted by molar-refractivity contribution is 9.10. The molecule has 0 saturated carbocycles. The van der Waals surface area contributed by atoms with Gasteiger partial charge in [0, 0.05) is 12.7 Å². The molecule has 124 valence electrons. The minimum Gasteiger partial charge on any atom is -0.340 e. The molecule has 1 N–H and O–H groups in total. The largest absolute Gasteiger partial charge is 0.416 e. The summed E-state index contributed by atoms with van der Waals surface area (Å²) in [5.74, 6) is 0.793. The third-order valence-electron chi connectivity index (χ3n) is 3.56. The maximum Gasteiger partial charge on any atom is 0.416 e. The fourth-order valence-electron chi connectivity index (χ4n) is 2.31. The van der Waals surface area contributed by atoms with Crippen molar-refractivity contribution in [2.24, 2.45) is 7.05 Å². The van der Waals surface area contributed by atoms with Gasteiger partial charge in [-0.05, 0) is 51.3 Å². The third kappa shape index (κ3) is 3.46. The number of nitrogens with zero attached hydrogens (tertiary/aromatic N) is 2. The Hall–Kier alpha value is -2.28. The van der Waals surface area contributed by atoms with Crippen molar-refractivity contribution >= 4 is 27.4 Å². The van der Waals surface area contributed by atoms with Crippen LogP contribution in [0.3, 0.4) is 0 Å². The van der Waals surface area contributed by atoms with E-state index >= 15 is 0 Å². The molecular weight excluding hydrogens is 383 g/mol. The molecule has 0 amide bonds. The van der Waals surface area contributed by atoms with Crippen molar-refractivity contribution in [1.82, 2.24) is 9.78 Å².